The Morgan fingerprint density at radius 2 is 1.70 bits per heavy atom. The van der Waals surface area contributed by atoms with Gasteiger partial charge in [-0.25, -0.2) is 4.39 Å². The third-order valence-corrected chi connectivity index (χ3v) is 3.72. The standard InChI is InChI=1S/C18H15FN2O2/c1-11-6-8-12(9-7-11)15-16(18(23)21(2)17(15)22)20-14-5-3-4-13(19)10-14/h3-10,20H,1-2H3. The summed E-state index contributed by atoms with van der Waals surface area (Å²) in [6.45, 7) is 1.94. The molecule has 0 saturated carbocycles. The van der Waals surface area contributed by atoms with Crippen LogP contribution in [0.15, 0.2) is 54.2 Å². The normalized spacial score (nSPS) is 14.7. The predicted octanol–water partition coefficient (Wildman–Crippen LogP) is 2.96. The number of likely N-dealkylation sites (N-methyl/N-ethyl adjacent to an activating group) is 1. The Hall–Kier alpha value is -2.95. The quantitative estimate of drug-likeness (QED) is 0.887. The second kappa shape index (κ2) is 5.68. The molecule has 0 unspecified atom stereocenters. The lowest BCUT2D eigenvalue weighted by Crippen LogP contribution is -2.27. The zero-order chi connectivity index (χ0) is 16.6. The van der Waals surface area contributed by atoms with Crippen LogP contribution < -0.4 is 5.32 Å². The summed E-state index contributed by atoms with van der Waals surface area (Å²) in [6, 6.07) is 13.1. The summed E-state index contributed by atoms with van der Waals surface area (Å²) in [6.07, 6.45) is 0. The molecule has 0 aliphatic carbocycles. The van der Waals surface area contributed by atoms with E-state index in [9.17, 15) is 14.0 Å². The maximum Gasteiger partial charge on any atom is 0.277 e. The van der Waals surface area contributed by atoms with E-state index in [0.29, 0.717) is 16.8 Å². The Bertz CT molecular complexity index is 825. The molecule has 2 aromatic carbocycles. The minimum atomic E-state index is -0.435. The number of rotatable bonds is 3. The average molecular weight is 310 g/mol. The minimum absolute atomic E-state index is 0.159. The first-order valence-electron chi connectivity index (χ1n) is 7.13. The van der Waals surface area contributed by atoms with Gasteiger partial charge < -0.3 is 5.32 Å². The van der Waals surface area contributed by atoms with Gasteiger partial charge in [0, 0.05) is 12.7 Å². The Balaban J connectivity index is 2.08. The van der Waals surface area contributed by atoms with Gasteiger partial charge in [-0.05, 0) is 30.7 Å². The van der Waals surface area contributed by atoms with E-state index in [0.717, 1.165) is 10.5 Å². The number of anilines is 1. The number of amides is 2. The Kier molecular flexibility index (Phi) is 3.70. The van der Waals surface area contributed by atoms with E-state index in [1.165, 1.54) is 25.2 Å². The van der Waals surface area contributed by atoms with Crippen LogP contribution in [0.25, 0.3) is 5.57 Å². The monoisotopic (exact) mass is 310 g/mol. The SMILES string of the molecule is Cc1ccc(C2=C(Nc3cccc(F)c3)C(=O)N(C)C2=O)cc1. The van der Waals surface area contributed by atoms with Crippen molar-refractivity contribution in [2.75, 3.05) is 12.4 Å². The molecule has 1 heterocycles. The van der Waals surface area contributed by atoms with Gasteiger partial charge in [-0.3, -0.25) is 14.5 Å². The number of carbonyl (C=O) groups excluding carboxylic acids is 2. The molecule has 4 nitrogen and oxygen atoms in total. The van der Waals surface area contributed by atoms with Gasteiger partial charge in [0.05, 0.1) is 5.57 Å². The molecule has 0 atom stereocenters. The minimum Gasteiger partial charge on any atom is -0.350 e. The molecule has 1 aliphatic heterocycles. The number of nitrogens with one attached hydrogen (secondary N) is 1. The number of nitrogens with zero attached hydrogens (tertiary/aromatic N) is 1. The van der Waals surface area contributed by atoms with E-state index in [1.807, 2.05) is 19.1 Å². The van der Waals surface area contributed by atoms with Crippen LogP contribution in [0.3, 0.4) is 0 Å². The Morgan fingerprint density at radius 3 is 2.35 bits per heavy atom. The van der Waals surface area contributed by atoms with Gasteiger partial charge in [-0.15, -0.1) is 0 Å². The fourth-order valence-electron chi connectivity index (χ4n) is 2.46. The number of aryl methyl sites for hydroxylation is 1. The first-order chi connectivity index (χ1) is 11.0. The van der Waals surface area contributed by atoms with E-state index in [1.54, 1.807) is 18.2 Å². The van der Waals surface area contributed by atoms with E-state index >= 15 is 0 Å². The van der Waals surface area contributed by atoms with Crippen molar-refractivity contribution < 1.29 is 14.0 Å². The summed E-state index contributed by atoms with van der Waals surface area (Å²) >= 11 is 0. The third kappa shape index (κ3) is 2.73. The van der Waals surface area contributed by atoms with Crippen molar-refractivity contribution in [3.05, 3.63) is 71.2 Å². The average Bonchev–Trinajstić information content (AvgIpc) is 2.73. The molecule has 0 fully saturated rings. The van der Waals surface area contributed by atoms with E-state index in [-0.39, 0.29) is 11.6 Å². The molecule has 0 saturated heterocycles. The highest BCUT2D eigenvalue weighted by Gasteiger charge is 2.36. The summed E-state index contributed by atoms with van der Waals surface area (Å²) in [7, 11) is 1.43. The Morgan fingerprint density at radius 1 is 1.00 bits per heavy atom. The molecule has 0 aromatic heterocycles. The molecule has 1 aliphatic rings. The summed E-state index contributed by atoms with van der Waals surface area (Å²) in [4.78, 5) is 25.8. The van der Waals surface area contributed by atoms with E-state index < -0.39 is 11.7 Å². The van der Waals surface area contributed by atoms with E-state index in [4.69, 9.17) is 0 Å². The molecule has 5 heteroatoms. The summed E-state index contributed by atoms with van der Waals surface area (Å²) in [5.41, 5.74) is 2.58. The smallest absolute Gasteiger partial charge is 0.277 e. The van der Waals surface area contributed by atoms with Gasteiger partial charge in [0.25, 0.3) is 11.8 Å². The van der Waals surface area contributed by atoms with Crippen molar-refractivity contribution in [2.45, 2.75) is 6.92 Å². The molecule has 116 valence electrons. The number of carbonyl (C=O) groups is 2. The number of imide groups is 1. The van der Waals surface area contributed by atoms with Gasteiger partial charge in [0.2, 0.25) is 0 Å². The predicted molar refractivity (Wildman–Crippen MR) is 85.9 cm³/mol. The molecule has 0 bridgehead atoms. The topological polar surface area (TPSA) is 49.4 Å². The second-order valence-electron chi connectivity index (χ2n) is 5.42. The molecular weight excluding hydrogens is 295 g/mol. The zero-order valence-corrected chi connectivity index (χ0v) is 12.8. The number of benzene rings is 2. The largest absolute Gasteiger partial charge is 0.350 e. The van der Waals surface area contributed by atoms with Crippen LogP contribution >= 0.6 is 0 Å². The van der Waals surface area contributed by atoms with Gasteiger partial charge >= 0.3 is 0 Å². The summed E-state index contributed by atoms with van der Waals surface area (Å²) < 4.78 is 13.3. The molecule has 1 N–H and O–H groups in total. The fraction of sp³-hybridized carbons (Fsp3) is 0.111. The summed E-state index contributed by atoms with van der Waals surface area (Å²) in [5, 5.41) is 2.88. The van der Waals surface area contributed by atoms with Gasteiger partial charge in [0.1, 0.15) is 11.5 Å². The number of hydrogen-bond donors (Lipinski definition) is 1. The lowest BCUT2D eigenvalue weighted by molar-refractivity contribution is -0.135. The highest BCUT2D eigenvalue weighted by molar-refractivity contribution is 6.36. The van der Waals surface area contributed by atoms with Gasteiger partial charge in [-0.1, -0.05) is 35.9 Å². The van der Waals surface area contributed by atoms with Crippen molar-refractivity contribution in [2.24, 2.45) is 0 Å². The first kappa shape index (κ1) is 15.0. The number of halogens is 1. The number of hydrogen-bond acceptors (Lipinski definition) is 3. The molecular formula is C18H15FN2O2. The van der Waals surface area contributed by atoms with Crippen molar-refractivity contribution >= 4 is 23.1 Å². The maximum atomic E-state index is 13.3. The van der Waals surface area contributed by atoms with Crippen molar-refractivity contribution in [3.63, 3.8) is 0 Å². The van der Waals surface area contributed by atoms with Crippen LogP contribution in [0.5, 0.6) is 0 Å². The van der Waals surface area contributed by atoms with Crippen LogP contribution in [-0.4, -0.2) is 23.8 Å². The molecule has 2 amide bonds. The van der Waals surface area contributed by atoms with Crippen LogP contribution in [0.1, 0.15) is 11.1 Å². The molecule has 2 aromatic rings. The summed E-state index contributed by atoms with van der Waals surface area (Å²) in [5.74, 6) is -1.23. The molecule has 23 heavy (non-hydrogen) atoms. The molecule has 3 rings (SSSR count). The fourth-order valence-corrected chi connectivity index (χ4v) is 2.46. The van der Waals surface area contributed by atoms with Gasteiger partial charge in [0.15, 0.2) is 0 Å². The highest BCUT2D eigenvalue weighted by atomic mass is 19.1. The lowest BCUT2D eigenvalue weighted by Gasteiger charge is -2.09. The van der Waals surface area contributed by atoms with Crippen LogP contribution in [-0.2, 0) is 9.59 Å². The third-order valence-electron chi connectivity index (χ3n) is 3.72. The Labute approximate surface area is 133 Å². The van der Waals surface area contributed by atoms with Crippen LogP contribution in [0.4, 0.5) is 10.1 Å². The van der Waals surface area contributed by atoms with Crippen LogP contribution in [0, 0.1) is 12.7 Å². The zero-order valence-electron chi connectivity index (χ0n) is 12.8. The maximum absolute atomic E-state index is 13.3. The van der Waals surface area contributed by atoms with E-state index in [2.05, 4.69) is 5.32 Å². The molecule has 0 radical (unpaired) electrons. The first-order valence-corrected chi connectivity index (χ1v) is 7.13. The van der Waals surface area contributed by atoms with Crippen LogP contribution in [0.2, 0.25) is 0 Å². The highest BCUT2D eigenvalue weighted by Crippen LogP contribution is 2.29. The van der Waals surface area contributed by atoms with Crippen molar-refractivity contribution in [3.8, 4) is 0 Å². The second-order valence-corrected chi connectivity index (χ2v) is 5.42. The van der Waals surface area contributed by atoms with Gasteiger partial charge in [-0.2, -0.15) is 0 Å². The van der Waals surface area contributed by atoms with Crippen molar-refractivity contribution in [1.29, 1.82) is 0 Å². The van der Waals surface area contributed by atoms with Crippen molar-refractivity contribution in [1.82, 2.24) is 4.90 Å². The lowest BCUT2D eigenvalue weighted by atomic mass is 10.0. The molecule has 0 spiro atoms.